The normalized spacial score (nSPS) is 12.8. The Hall–Kier alpha value is -2.53. The van der Waals surface area contributed by atoms with Gasteiger partial charge in [0.05, 0.1) is 23.6 Å². The number of rotatable bonds is 6. The molecule has 1 heterocycles. The van der Waals surface area contributed by atoms with Crippen molar-refractivity contribution in [3.63, 3.8) is 0 Å². The molecule has 1 aromatic heterocycles. The van der Waals surface area contributed by atoms with Crippen molar-refractivity contribution in [3.8, 4) is 5.75 Å². The minimum Gasteiger partial charge on any atom is -0.492 e. The van der Waals surface area contributed by atoms with Crippen LogP contribution in [0, 0.1) is 12.3 Å². The third-order valence-electron chi connectivity index (χ3n) is 4.81. The largest absolute Gasteiger partial charge is 0.492 e. The second-order valence-electron chi connectivity index (χ2n) is 8.31. The lowest BCUT2D eigenvalue weighted by Crippen LogP contribution is -2.37. The summed E-state index contributed by atoms with van der Waals surface area (Å²) in [7, 11) is 0. The summed E-state index contributed by atoms with van der Waals surface area (Å²) in [6.45, 7) is 10.7. The molecular weight excluding hydrogens is 386 g/mol. The van der Waals surface area contributed by atoms with Crippen molar-refractivity contribution < 1.29 is 9.53 Å². The first kappa shape index (κ1) is 21.2. The molecule has 0 spiro atoms. The number of para-hydroxylation sites is 2. The van der Waals surface area contributed by atoms with Gasteiger partial charge in [0, 0.05) is 10.4 Å². The summed E-state index contributed by atoms with van der Waals surface area (Å²) in [4.78, 5) is 17.2. The molecule has 2 aromatic carbocycles. The fourth-order valence-corrected chi connectivity index (χ4v) is 3.22. The van der Waals surface area contributed by atoms with E-state index in [9.17, 15) is 4.79 Å². The Morgan fingerprint density at radius 3 is 2.66 bits per heavy atom. The highest BCUT2D eigenvalue weighted by molar-refractivity contribution is 6.31. The van der Waals surface area contributed by atoms with E-state index < -0.39 is 5.41 Å². The van der Waals surface area contributed by atoms with Crippen molar-refractivity contribution >= 4 is 28.5 Å². The van der Waals surface area contributed by atoms with Gasteiger partial charge in [0.25, 0.3) is 0 Å². The molecule has 0 aliphatic rings. The minimum absolute atomic E-state index is 0.00324. The monoisotopic (exact) mass is 413 g/mol. The van der Waals surface area contributed by atoms with Gasteiger partial charge < -0.3 is 14.6 Å². The Kier molecular flexibility index (Phi) is 6.18. The SMILES string of the molecule is Cc1cc(OCCn2c(C(C)NC(=O)C(C)(C)C)nc3ccccc32)ccc1Cl. The lowest BCUT2D eigenvalue weighted by Gasteiger charge is -2.22. The third-order valence-corrected chi connectivity index (χ3v) is 5.24. The molecule has 3 aromatic rings. The average molecular weight is 414 g/mol. The number of nitrogens with zero attached hydrogens (tertiary/aromatic N) is 2. The first-order valence-corrected chi connectivity index (χ1v) is 10.2. The van der Waals surface area contributed by atoms with E-state index >= 15 is 0 Å². The summed E-state index contributed by atoms with van der Waals surface area (Å²) < 4.78 is 8.06. The van der Waals surface area contributed by atoms with E-state index in [2.05, 4.69) is 9.88 Å². The maximum atomic E-state index is 12.4. The molecule has 1 N–H and O–H groups in total. The molecule has 0 bridgehead atoms. The van der Waals surface area contributed by atoms with Gasteiger partial charge in [-0.25, -0.2) is 4.98 Å². The molecule has 5 nitrogen and oxygen atoms in total. The predicted molar refractivity (Wildman–Crippen MR) is 117 cm³/mol. The zero-order valence-electron chi connectivity index (χ0n) is 17.6. The molecule has 1 unspecified atom stereocenters. The quantitative estimate of drug-likeness (QED) is 0.596. The van der Waals surface area contributed by atoms with Crippen molar-refractivity contribution in [1.29, 1.82) is 0 Å². The summed E-state index contributed by atoms with van der Waals surface area (Å²) in [6, 6.07) is 13.4. The maximum Gasteiger partial charge on any atom is 0.225 e. The summed E-state index contributed by atoms with van der Waals surface area (Å²) in [5, 5.41) is 3.81. The molecule has 0 saturated heterocycles. The van der Waals surface area contributed by atoms with Crippen LogP contribution >= 0.6 is 11.6 Å². The fourth-order valence-electron chi connectivity index (χ4n) is 3.10. The van der Waals surface area contributed by atoms with Crippen LogP contribution in [0.5, 0.6) is 5.75 Å². The third kappa shape index (κ3) is 4.91. The molecule has 6 heteroatoms. The number of carbonyl (C=O) groups is 1. The first-order valence-electron chi connectivity index (χ1n) is 9.82. The van der Waals surface area contributed by atoms with Gasteiger partial charge >= 0.3 is 0 Å². The number of amides is 1. The Labute approximate surface area is 177 Å². The molecule has 0 fully saturated rings. The van der Waals surface area contributed by atoms with Gasteiger partial charge in [-0.1, -0.05) is 44.5 Å². The summed E-state index contributed by atoms with van der Waals surface area (Å²) in [5.74, 6) is 1.60. The highest BCUT2D eigenvalue weighted by Gasteiger charge is 2.25. The van der Waals surface area contributed by atoms with Crippen LogP contribution in [0.4, 0.5) is 0 Å². The van der Waals surface area contributed by atoms with Crippen molar-refractivity contribution in [2.24, 2.45) is 5.41 Å². The second kappa shape index (κ2) is 8.46. The van der Waals surface area contributed by atoms with Crippen molar-refractivity contribution in [3.05, 3.63) is 58.9 Å². The first-order chi connectivity index (χ1) is 13.7. The number of carbonyl (C=O) groups excluding carboxylic acids is 1. The molecule has 0 aliphatic heterocycles. The molecule has 1 atom stereocenters. The molecule has 0 radical (unpaired) electrons. The van der Waals surface area contributed by atoms with Crippen molar-refractivity contribution in [2.45, 2.75) is 47.2 Å². The standard InChI is InChI=1S/C23H28ClN3O2/c1-15-14-17(10-11-18(15)24)29-13-12-27-20-9-7-6-8-19(20)26-21(27)16(2)25-22(28)23(3,4)5/h6-11,14,16H,12-13H2,1-5H3,(H,25,28). The predicted octanol–water partition coefficient (Wildman–Crippen LogP) is 5.30. The maximum absolute atomic E-state index is 12.4. The Balaban J connectivity index is 1.81. The zero-order chi connectivity index (χ0) is 21.2. The Bertz CT molecular complexity index is 1020. The van der Waals surface area contributed by atoms with E-state index in [1.54, 1.807) is 0 Å². The van der Waals surface area contributed by atoms with E-state index in [4.69, 9.17) is 21.3 Å². The topological polar surface area (TPSA) is 56.1 Å². The lowest BCUT2D eigenvalue weighted by atomic mass is 9.95. The van der Waals surface area contributed by atoms with Gasteiger partial charge in [-0.2, -0.15) is 0 Å². The second-order valence-corrected chi connectivity index (χ2v) is 8.72. The van der Waals surface area contributed by atoms with Crippen LogP contribution in [0.1, 0.15) is 45.1 Å². The number of hydrogen-bond acceptors (Lipinski definition) is 3. The molecule has 29 heavy (non-hydrogen) atoms. The van der Waals surface area contributed by atoms with E-state index in [1.165, 1.54) is 0 Å². The van der Waals surface area contributed by atoms with Gasteiger partial charge in [0.15, 0.2) is 0 Å². The van der Waals surface area contributed by atoms with E-state index in [-0.39, 0.29) is 11.9 Å². The van der Waals surface area contributed by atoms with Crippen LogP contribution < -0.4 is 10.1 Å². The van der Waals surface area contributed by atoms with E-state index in [0.29, 0.717) is 13.2 Å². The molecule has 154 valence electrons. The minimum atomic E-state index is -0.458. The number of benzene rings is 2. The summed E-state index contributed by atoms with van der Waals surface area (Å²) in [6.07, 6.45) is 0. The van der Waals surface area contributed by atoms with Gasteiger partial charge in [0.2, 0.25) is 5.91 Å². The summed E-state index contributed by atoms with van der Waals surface area (Å²) in [5.41, 5.74) is 2.45. The number of nitrogens with one attached hydrogen (secondary N) is 1. The molecular formula is C23H28ClN3O2. The van der Waals surface area contributed by atoms with E-state index in [1.807, 2.05) is 77.1 Å². The number of halogens is 1. The number of aromatic nitrogens is 2. The fraction of sp³-hybridized carbons (Fsp3) is 0.391. The highest BCUT2D eigenvalue weighted by atomic mass is 35.5. The van der Waals surface area contributed by atoms with Crippen LogP contribution in [0.3, 0.4) is 0 Å². The molecule has 1 amide bonds. The summed E-state index contributed by atoms with van der Waals surface area (Å²) >= 11 is 6.09. The number of hydrogen-bond donors (Lipinski definition) is 1. The number of imidazole rings is 1. The van der Waals surface area contributed by atoms with Gasteiger partial charge in [0.1, 0.15) is 18.2 Å². The smallest absolute Gasteiger partial charge is 0.225 e. The van der Waals surface area contributed by atoms with Crippen molar-refractivity contribution in [2.75, 3.05) is 6.61 Å². The number of fused-ring (bicyclic) bond motifs is 1. The van der Waals surface area contributed by atoms with E-state index in [0.717, 1.165) is 33.2 Å². The number of aryl methyl sites for hydroxylation is 1. The molecule has 0 saturated carbocycles. The Morgan fingerprint density at radius 2 is 1.97 bits per heavy atom. The number of ether oxygens (including phenoxy) is 1. The lowest BCUT2D eigenvalue weighted by molar-refractivity contribution is -0.129. The molecule has 3 rings (SSSR count). The van der Waals surface area contributed by atoms with Gasteiger partial charge in [-0.3, -0.25) is 4.79 Å². The average Bonchev–Trinajstić information content (AvgIpc) is 3.03. The highest BCUT2D eigenvalue weighted by Crippen LogP contribution is 2.24. The van der Waals surface area contributed by atoms with Crippen molar-refractivity contribution in [1.82, 2.24) is 14.9 Å². The van der Waals surface area contributed by atoms with Crippen LogP contribution in [-0.4, -0.2) is 22.1 Å². The van der Waals surface area contributed by atoms with Gasteiger partial charge in [-0.15, -0.1) is 0 Å². The van der Waals surface area contributed by atoms with Crippen LogP contribution in [0.15, 0.2) is 42.5 Å². The van der Waals surface area contributed by atoms with Crippen LogP contribution in [-0.2, 0) is 11.3 Å². The van der Waals surface area contributed by atoms with Gasteiger partial charge in [-0.05, 0) is 49.7 Å². The Morgan fingerprint density at radius 1 is 1.24 bits per heavy atom. The molecule has 0 aliphatic carbocycles. The zero-order valence-corrected chi connectivity index (χ0v) is 18.4. The van der Waals surface area contributed by atoms with Crippen LogP contribution in [0.2, 0.25) is 5.02 Å². The van der Waals surface area contributed by atoms with Crippen LogP contribution in [0.25, 0.3) is 11.0 Å².